The van der Waals surface area contributed by atoms with Crippen molar-refractivity contribution in [1.29, 1.82) is 0 Å². The minimum Gasteiger partial charge on any atom is -0.481 e. The molecule has 3 aromatic carbocycles. The maximum atomic E-state index is 14.2. The van der Waals surface area contributed by atoms with Gasteiger partial charge in [0.1, 0.15) is 6.54 Å². The van der Waals surface area contributed by atoms with Crippen LogP contribution < -0.4 is 20.1 Å². The quantitative estimate of drug-likeness (QED) is 0.320. The van der Waals surface area contributed by atoms with E-state index in [0.717, 1.165) is 50.9 Å². The van der Waals surface area contributed by atoms with E-state index in [1.165, 1.54) is 61.6 Å². The monoisotopic (exact) mass is 646 g/mol. The molecule has 1 atom stereocenters. The van der Waals surface area contributed by atoms with Gasteiger partial charge in [-0.25, -0.2) is 4.58 Å². The summed E-state index contributed by atoms with van der Waals surface area (Å²) in [5, 5.41) is 11.8. The third kappa shape index (κ3) is 5.09. The Balaban J connectivity index is 1.57. The molecule has 0 saturated carbocycles. The molecule has 3 aromatic rings. The maximum absolute atomic E-state index is 14.2. The molecule has 0 saturated heterocycles. The molecule has 0 radical (unpaired) electrons. The van der Waals surface area contributed by atoms with Gasteiger partial charge in [0.15, 0.2) is 5.54 Å². The number of carbonyl (C=O) groups excluding carboxylic acids is 1. The van der Waals surface area contributed by atoms with Crippen LogP contribution in [0.25, 0.3) is 5.57 Å². The van der Waals surface area contributed by atoms with Crippen LogP contribution in [0.3, 0.4) is 0 Å². The summed E-state index contributed by atoms with van der Waals surface area (Å²) in [6, 6.07) is 15.6. The zero-order chi connectivity index (χ0) is 34.1. The number of aliphatic carboxylic acids is 1. The standard InChI is InChI=1S/C42H51N3O3/c1-8-45-35-24-34-32(23-31(35)26(2)25-41(45,3)4)37(28-15-9-10-16-29(28)40(48)43(7)19-13-18-36(46)47)33-22-27-14-11-20-44-21-12-17-30(39(27)44)38(33)42(34,5)6/h9-10,15-16,22-24,26H,8,11-14,17-21,25H2,1-7H3/p+1. The highest BCUT2D eigenvalue weighted by Gasteiger charge is 2.43. The number of anilines is 1. The average molecular weight is 647 g/mol. The summed E-state index contributed by atoms with van der Waals surface area (Å²) < 4.78 is 2.61. The molecule has 1 aliphatic carbocycles. The number of aryl methyl sites for hydroxylation is 1. The molecule has 7 rings (SSSR count). The predicted octanol–water partition coefficient (Wildman–Crippen LogP) is 6.01. The summed E-state index contributed by atoms with van der Waals surface area (Å²) >= 11 is 0. The topological polar surface area (TPSA) is 63.9 Å². The van der Waals surface area contributed by atoms with Crippen LogP contribution in [0.4, 0.5) is 5.69 Å². The lowest BCUT2D eigenvalue weighted by molar-refractivity contribution is -0.137. The minimum absolute atomic E-state index is 0.0479. The summed E-state index contributed by atoms with van der Waals surface area (Å²) in [5.41, 5.74) is 12.5. The van der Waals surface area contributed by atoms with E-state index in [9.17, 15) is 14.7 Å². The Morgan fingerprint density at radius 2 is 1.75 bits per heavy atom. The Morgan fingerprint density at radius 3 is 2.48 bits per heavy atom. The molecular weight excluding hydrogens is 594 g/mol. The number of hydrogen-bond acceptors (Lipinski definition) is 3. The van der Waals surface area contributed by atoms with E-state index in [4.69, 9.17) is 0 Å². The summed E-state index contributed by atoms with van der Waals surface area (Å²) in [7, 11) is 1.80. The van der Waals surface area contributed by atoms with E-state index in [1.807, 2.05) is 12.1 Å². The van der Waals surface area contributed by atoms with Gasteiger partial charge in [-0.1, -0.05) is 39.0 Å². The zero-order valence-electron chi connectivity index (χ0n) is 30.0. The van der Waals surface area contributed by atoms with E-state index in [-0.39, 0.29) is 23.3 Å². The number of carbonyl (C=O) groups is 2. The van der Waals surface area contributed by atoms with Gasteiger partial charge in [0, 0.05) is 67.8 Å². The Bertz CT molecular complexity index is 1970. The molecule has 3 aliphatic heterocycles. The first-order chi connectivity index (χ1) is 22.8. The number of benzene rings is 3. The van der Waals surface area contributed by atoms with Gasteiger partial charge in [-0.2, -0.15) is 0 Å². The molecule has 4 aliphatic rings. The van der Waals surface area contributed by atoms with Crippen LogP contribution in [0.1, 0.15) is 129 Å². The van der Waals surface area contributed by atoms with Gasteiger partial charge in [0.2, 0.25) is 5.36 Å². The summed E-state index contributed by atoms with van der Waals surface area (Å²) in [6.45, 7) is 17.9. The molecule has 6 heteroatoms. The minimum atomic E-state index is -0.835. The molecule has 0 spiro atoms. The van der Waals surface area contributed by atoms with E-state index < -0.39 is 5.97 Å². The summed E-state index contributed by atoms with van der Waals surface area (Å²) in [4.78, 5) is 29.8. The van der Waals surface area contributed by atoms with Crippen LogP contribution in [0, 0.1) is 0 Å². The van der Waals surface area contributed by atoms with Crippen LogP contribution in [0.15, 0.2) is 42.5 Å². The fraction of sp³-hybridized carbons (Fsp3) is 0.500. The van der Waals surface area contributed by atoms with Crippen molar-refractivity contribution in [2.45, 2.75) is 103 Å². The van der Waals surface area contributed by atoms with Crippen LogP contribution in [-0.4, -0.2) is 60.6 Å². The largest absolute Gasteiger partial charge is 0.481 e. The first-order valence-corrected chi connectivity index (χ1v) is 18.2. The molecule has 252 valence electrons. The van der Waals surface area contributed by atoms with Crippen molar-refractivity contribution in [2.24, 2.45) is 0 Å². The van der Waals surface area contributed by atoms with Crippen molar-refractivity contribution >= 4 is 23.1 Å². The lowest BCUT2D eigenvalue weighted by Crippen LogP contribution is -2.53. The number of carboxylic acids is 1. The Kier molecular flexibility index (Phi) is 8.08. The van der Waals surface area contributed by atoms with Gasteiger partial charge in [0.05, 0.1) is 0 Å². The highest BCUT2D eigenvalue weighted by atomic mass is 16.4. The molecule has 48 heavy (non-hydrogen) atoms. The van der Waals surface area contributed by atoms with Gasteiger partial charge >= 0.3 is 5.97 Å². The Hall–Kier alpha value is -3.93. The third-order valence-electron chi connectivity index (χ3n) is 11.9. The molecule has 3 heterocycles. The van der Waals surface area contributed by atoms with Crippen molar-refractivity contribution in [3.8, 4) is 0 Å². The van der Waals surface area contributed by atoms with Gasteiger partial charge in [0.25, 0.3) is 5.91 Å². The molecule has 0 aromatic heterocycles. The van der Waals surface area contributed by atoms with Gasteiger partial charge < -0.3 is 14.9 Å². The fourth-order valence-electron chi connectivity index (χ4n) is 9.85. The number of amides is 1. The van der Waals surface area contributed by atoms with Crippen molar-refractivity contribution in [3.05, 3.63) is 97.5 Å². The van der Waals surface area contributed by atoms with E-state index in [2.05, 4.69) is 81.3 Å². The molecule has 1 amide bonds. The van der Waals surface area contributed by atoms with E-state index in [1.54, 1.807) is 11.9 Å². The molecule has 1 N–H and O–H groups in total. The Morgan fingerprint density at radius 1 is 1.02 bits per heavy atom. The average Bonchev–Trinajstić information content (AvgIpc) is 3.04. The SMILES string of the molecule is CC[N+]1=c2cc3c(cc2C(C)CC1(C)C)=C(c1ccccc1C(=O)N(C)CCCC(=O)O)c1cc2c4c(c1C3(C)C)CCCN4CCC2. The van der Waals surface area contributed by atoms with E-state index >= 15 is 0 Å². The Labute approximate surface area is 285 Å². The smallest absolute Gasteiger partial charge is 0.303 e. The number of fused-ring (bicyclic) bond motifs is 4. The molecule has 1 unspecified atom stereocenters. The van der Waals surface area contributed by atoms with Gasteiger partial charge in [-0.3, -0.25) is 9.59 Å². The molecule has 6 nitrogen and oxygen atoms in total. The second-order valence-electron chi connectivity index (χ2n) is 15.9. The van der Waals surface area contributed by atoms with Crippen LogP contribution in [0.5, 0.6) is 0 Å². The van der Waals surface area contributed by atoms with Gasteiger partial charge in [-0.05, 0) is 121 Å². The number of rotatable bonds is 7. The van der Waals surface area contributed by atoms with Crippen molar-refractivity contribution in [1.82, 2.24) is 9.48 Å². The predicted molar refractivity (Wildman–Crippen MR) is 194 cm³/mol. The van der Waals surface area contributed by atoms with Crippen LogP contribution in [0.2, 0.25) is 0 Å². The first-order valence-electron chi connectivity index (χ1n) is 18.2. The lowest BCUT2D eigenvalue weighted by Gasteiger charge is -2.44. The third-order valence-corrected chi connectivity index (χ3v) is 11.9. The molecule has 0 fully saturated rings. The number of nitrogens with zero attached hydrogens (tertiary/aromatic N) is 3. The zero-order valence-corrected chi connectivity index (χ0v) is 30.0. The van der Waals surface area contributed by atoms with Crippen LogP contribution >= 0.6 is 0 Å². The number of carboxylic acid groups (broad SMARTS) is 1. The normalized spacial score (nSPS) is 20.0. The van der Waals surface area contributed by atoms with E-state index in [0.29, 0.717) is 24.4 Å². The molecule has 0 bridgehead atoms. The maximum Gasteiger partial charge on any atom is 0.303 e. The number of hydrogen-bond donors (Lipinski definition) is 1. The van der Waals surface area contributed by atoms with Crippen LogP contribution in [-0.2, 0) is 23.1 Å². The fourth-order valence-corrected chi connectivity index (χ4v) is 9.85. The highest BCUT2D eigenvalue weighted by molar-refractivity contribution is 6.02. The van der Waals surface area contributed by atoms with Crippen molar-refractivity contribution in [3.63, 3.8) is 0 Å². The first kappa shape index (κ1) is 32.6. The summed E-state index contributed by atoms with van der Waals surface area (Å²) in [5.74, 6) is -0.491. The molecular formula is C42H52N3O3+. The summed E-state index contributed by atoms with van der Waals surface area (Å²) in [6.07, 6.45) is 6.06. The lowest BCUT2D eigenvalue weighted by atomic mass is 9.64. The highest BCUT2D eigenvalue weighted by Crippen LogP contribution is 2.49. The van der Waals surface area contributed by atoms with Gasteiger partial charge in [-0.15, -0.1) is 0 Å². The second-order valence-corrected chi connectivity index (χ2v) is 15.9. The van der Waals surface area contributed by atoms with Crippen molar-refractivity contribution < 1.29 is 14.7 Å². The van der Waals surface area contributed by atoms with Crippen molar-refractivity contribution in [2.75, 3.05) is 38.1 Å². The second kappa shape index (κ2) is 11.9.